The third kappa shape index (κ3) is 3.19. The van der Waals surface area contributed by atoms with Gasteiger partial charge in [0.1, 0.15) is 0 Å². The summed E-state index contributed by atoms with van der Waals surface area (Å²) >= 11 is 7.37. The summed E-state index contributed by atoms with van der Waals surface area (Å²) in [5, 5.41) is 3.07. The van der Waals surface area contributed by atoms with E-state index in [0.29, 0.717) is 17.6 Å². The molecule has 0 aromatic heterocycles. The van der Waals surface area contributed by atoms with Crippen LogP contribution in [0.2, 0.25) is 5.02 Å². The number of nitrogens with zero attached hydrogens (tertiary/aromatic N) is 1. The van der Waals surface area contributed by atoms with Crippen molar-refractivity contribution in [1.29, 1.82) is 0 Å². The zero-order valence-electron chi connectivity index (χ0n) is 11.8. The number of nitrogens with one attached hydrogen (secondary N) is 1. The first kappa shape index (κ1) is 14.7. The summed E-state index contributed by atoms with van der Waals surface area (Å²) in [7, 11) is 0. The Labute approximate surface area is 133 Å². The molecule has 1 aromatic carbocycles. The maximum absolute atomic E-state index is 12.3. The number of carbonyl (C=O) groups excluding carboxylic acids is 2. The maximum atomic E-state index is 12.3. The van der Waals surface area contributed by atoms with Crippen molar-refractivity contribution in [1.82, 2.24) is 4.90 Å². The third-order valence-electron chi connectivity index (χ3n) is 3.77. The van der Waals surface area contributed by atoms with Gasteiger partial charge in [0.25, 0.3) is 0 Å². The summed E-state index contributed by atoms with van der Waals surface area (Å²) in [6.07, 6.45) is 2.43. The largest absolute Gasteiger partial charge is 0.340 e. The molecule has 6 heteroatoms. The van der Waals surface area contributed by atoms with Crippen molar-refractivity contribution in [3.05, 3.63) is 23.2 Å². The maximum Gasteiger partial charge on any atom is 0.238 e. The molecule has 0 spiro atoms. The molecular formula is C15H17ClN2O2S. The molecule has 1 aliphatic carbocycles. The first-order chi connectivity index (χ1) is 10.1. The predicted molar refractivity (Wildman–Crippen MR) is 84.8 cm³/mol. The summed E-state index contributed by atoms with van der Waals surface area (Å²) in [4.78, 5) is 27.4. The normalized spacial score (nSPS) is 20.7. The Kier molecular flexibility index (Phi) is 4.13. The summed E-state index contributed by atoms with van der Waals surface area (Å²) in [6, 6.07) is 5.82. The lowest BCUT2D eigenvalue weighted by molar-refractivity contribution is -0.133. The highest BCUT2D eigenvalue weighted by Crippen LogP contribution is 2.39. The molecule has 1 saturated carbocycles. The molecule has 2 aliphatic rings. The minimum atomic E-state index is -0.362. The van der Waals surface area contributed by atoms with Gasteiger partial charge in [-0.15, -0.1) is 11.8 Å². The van der Waals surface area contributed by atoms with Gasteiger partial charge in [0.2, 0.25) is 11.8 Å². The highest BCUT2D eigenvalue weighted by atomic mass is 35.5. The number of benzene rings is 1. The molecule has 0 bridgehead atoms. The molecule has 2 amide bonds. The van der Waals surface area contributed by atoms with Crippen molar-refractivity contribution < 1.29 is 9.59 Å². The van der Waals surface area contributed by atoms with Gasteiger partial charge < -0.3 is 10.2 Å². The lowest BCUT2D eigenvalue weighted by Gasteiger charge is -2.26. The van der Waals surface area contributed by atoms with Crippen LogP contribution in [0.25, 0.3) is 0 Å². The minimum Gasteiger partial charge on any atom is -0.340 e. The second-order valence-corrected chi connectivity index (χ2v) is 7.03. The van der Waals surface area contributed by atoms with Gasteiger partial charge in [0.05, 0.1) is 10.9 Å². The van der Waals surface area contributed by atoms with Gasteiger partial charge in [-0.25, -0.2) is 0 Å². The van der Waals surface area contributed by atoms with Gasteiger partial charge in [0.15, 0.2) is 0 Å². The zero-order valence-corrected chi connectivity index (χ0v) is 13.3. The molecule has 0 radical (unpaired) electrons. The SMILES string of the molecule is CCN(C(=O)C[C@H]1Sc2ccc(Cl)cc2NC1=O)C1CC1. The minimum absolute atomic E-state index is 0.0741. The van der Waals surface area contributed by atoms with Crippen LogP contribution in [0.15, 0.2) is 23.1 Å². The Balaban J connectivity index is 1.70. The quantitative estimate of drug-likeness (QED) is 0.925. The van der Waals surface area contributed by atoms with Crippen molar-refractivity contribution in [2.75, 3.05) is 11.9 Å². The molecule has 112 valence electrons. The molecule has 1 heterocycles. The Hall–Kier alpha value is -1.20. The third-order valence-corrected chi connectivity index (χ3v) is 5.28. The van der Waals surface area contributed by atoms with Gasteiger partial charge in [0, 0.05) is 28.9 Å². The van der Waals surface area contributed by atoms with Crippen molar-refractivity contribution in [3.63, 3.8) is 0 Å². The summed E-state index contributed by atoms with van der Waals surface area (Å²) in [5.41, 5.74) is 0.732. The van der Waals surface area contributed by atoms with Crippen molar-refractivity contribution in [2.45, 2.75) is 42.4 Å². The molecule has 21 heavy (non-hydrogen) atoms. The van der Waals surface area contributed by atoms with E-state index in [1.54, 1.807) is 12.1 Å². The number of thioether (sulfide) groups is 1. The van der Waals surface area contributed by atoms with Crippen LogP contribution in [0.4, 0.5) is 5.69 Å². The number of halogens is 1. The van der Waals surface area contributed by atoms with Crippen LogP contribution in [0.3, 0.4) is 0 Å². The Morgan fingerprint density at radius 3 is 2.90 bits per heavy atom. The molecule has 0 unspecified atom stereocenters. The first-order valence-corrected chi connectivity index (χ1v) is 8.40. The lowest BCUT2D eigenvalue weighted by atomic mass is 10.2. The monoisotopic (exact) mass is 324 g/mol. The Bertz CT molecular complexity index is 589. The average Bonchev–Trinajstić information content (AvgIpc) is 3.25. The van der Waals surface area contributed by atoms with E-state index in [4.69, 9.17) is 11.6 Å². The fourth-order valence-corrected chi connectivity index (χ4v) is 3.81. The standard InChI is InChI=1S/C15H17ClN2O2S/c1-2-18(10-4-5-10)14(19)8-13-15(20)17-11-7-9(16)3-6-12(11)21-13/h3,6-7,10,13H,2,4-5,8H2,1H3,(H,17,20)/t13-/m1/s1. The number of carbonyl (C=O) groups is 2. The van der Waals surface area contributed by atoms with Crippen molar-refractivity contribution in [3.8, 4) is 0 Å². The van der Waals surface area contributed by atoms with E-state index >= 15 is 0 Å². The topological polar surface area (TPSA) is 49.4 Å². The molecule has 1 N–H and O–H groups in total. The highest BCUT2D eigenvalue weighted by Gasteiger charge is 2.35. The molecule has 1 aliphatic heterocycles. The molecular weight excluding hydrogens is 308 g/mol. The number of anilines is 1. The van der Waals surface area contributed by atoms with Gasteiger partial charge in [-0.3, -0.25) is 9.59 Å². The average molecular weight is 325 g/mol. The van der Waals surface area contributed by atoms with Gasteiger partial charge in [-0.2, -0.15) is 0 Å². The summed E-state index contributed by atoms with van der Waals surface area (Å²) < 4.78 is 0. The van der Waals surface area contributed by atoms with E-state index in [2.05, 4.69) is 5.32 Å². The summed E-state index contributed by atoms with van der Waals surface area (Å²) in [5.74, 6) is -0.0416. The van der Waals surface area contributed by atoms with E-state index in [0.717, 1.165) is 23.4 Å². The first-order valence-electron chi connectivity index (χ1n) is 7.15. The molecule has 1 aromatic rings. The van der Waals surface area contributed by atoms with E-state index < -0.39 is 0 Å². The fraction of sp³-hybridized carbons (Fsp3) is 0.467. The van der Waals surface area contributed by atoms with E-state index in [9.17, 15) is 9.59 Å². The number of fused-ring (bicyclic) bond motifs is 1. The van der Waals surface area contributed by atoms with Gasteiger partial charge >= 0.3 is 0 Å². The van der Waals surface area contributed by atoms with Gasteiger partial charge in [-0.1, -0.05) is 11.6 Å². The molecule has 1 atom stereocenters. The van der Waals surface area contributed by atoms with Crippen LogP contribution >= 0.6 is 23.4 Å². The molecule has 3 rings (SSSR count). The van der Waals surface area contributed by atoms with Gasteiger partial charge in [-0.05, 0) is 38.0 Å². The summed E-state index contributed by atoms with van der Waals surface area (Å²) in [6.45, 7) is 2.70. The van der Waals surface area contributed by atoms with E-state index in [-0.39, 0.29) is 23.5 Å². The highest BCUT2D eigenvalue weighted by molar-refractivity contribution is 8.01. The second kappa shape index (κ2) is 5.89. The number of rotatable bonds is 4. The smallest absolute Gasteiger partial charge is 0.238 e. The van der Waals surface area contributed by atoms with Crippen LogP contribution in [0, 0.1) is 0 Å². The van der Waals surface area contributed by atoms with Crippen LogP contribution in [0.5, 0.6) is 0 Å². The van der Waals surface area contributed by atoms with Crippen LogP contribution in [-0.4, -0.2) is 34.6 Å². The number of amides is 2. The van der Waals surface area contributed by atoms with Crippen LogP contribution in [0.1, 0.15) is 26.2 Å². The predicted octanol–water partition coefficient (Wildman–Crippen LogP) is 3.15. The zero-order chi connectivity index (χ0) is 15.0. The van der Waals surface area contributed by atoms with E-state index in [1.165, 1.54) is 11.8 Å². The number of hydrogen-bond donors (Lipinski definition) is 1. The van der Waals surface area contributed by atoms with Crippen molar-refractivity contribution >= 4 is 40.9 Å². The Morgan fingerprint density at radius 1 is 1.48 bits per heavy atom. The Morgan fingerprint density at radius 2 is 2.24 bits per heavy atom. The molecule has 0 saturated heterocycles. The van der Waals surface area contributed by atoms with Crippen LogP contribution < -0.4 is 5.32 Å². The fourth-order valence-electron chi connectivity index (χ4n) is 2.56. The number of hydrogen-bond acceptors (Lipinski definition) is 3. The molecule has 4 nitrogen and oxygen atoms in total. The molecule has 1 fully saturated rings. The second-order valence-electron chi connectivity index (χ2n) is 5.35. The van der Waals surface area contributed by atoms with E-state index in [1.807, 2.05) is 17.9 Å². The van der Waals surface area contributed by atoms with Crippen LogP contribution in [-0.2, 0) is 9.59 Å². The lowest BCUT2D eigenvalue weighted by Crippen LogP contribution is -2.38. The van der Waals surface area contributed by atoms with Crippen molar-refractivity contribution in [2.24, 2.45) is 0 Å².